The van der Waals surface area contributed by atoms with Gasteiger partial charge in [0.1, 0.15) is 12.1 Å². The highest BCUT2D eigenvalue weighted by atomic mass is 35.5. The van der Waals surface area contributed by atoms with Crippen LogP contribution in [0.3, 0.4) is 0 Å². The predicted octanol–water partition coefficient (Wildman–Crippen LogP) is 6.48. The van der Waals surface area contributed by atoms with E-state index in [-0.39, 0.29) is 24.1 Å². The number of halogens is 2. The van der Waals surface area contributed by atoms with Crippen molar-refractivity contribution in [2.75, 3.05) is 32.7 Å². The van der Waals surface area contributed by atoms with Gasteiger partial charge in [0, 0.05) is 56.7 Å². The highest BCUT2D eigenvalue weighted by molar-refractivity contribution is 6.30. The van der Waals surface area contributed by atoms with E-state index in [4.69, 9.17) is 32.9 Å². The number of pyridine rings is 1. The van der Waals surface area contributed by atoms with Crippen molar-refractivity contribution in [3.05, 3.63) is 81.1 Å². The predicted molar refractivity (Wildman–Crippen MR) is 182 cm³/mol. The fourth-order valence-corrected chi connectivity index (χ4v) is 8.51. The zero-order valence-corrected chi connectivity index (χ0v) is 28.6. The minimum Gasteiger partial charge on any atom is -0.446 e. The first-order valence-corrected chi connectivity index (χ1v) is 18.0. The molecule has 0 spiro atoms. The number of amides is 2. The lowest BCUT2D eigenvalue weighted by atomic mass is 9.94. The van der Waals surface area contributed by atoms with E-state index in [1.807, 2.05) is 36.4 Å². The molecule has 1 saturated carbocycles. The summed E-state index contributed by atoms with van der Waals surface area (Å²) < 4.78 is 8.21. The van der Waals surface area contributed by atoms with Crippen LogP contribution in [0.15, 0.2) is 43.0 Å². The fourth-order valence-electron chi connectivity index (χ4n) is 8.14. The monoisotopic (exact) mass is 678 g/mol. The second-order valence-electron chi connectivity index (χ2n) is 13.8. The molecule has 2 saturated heterocycles. The van der Waals surface area contributed by atoms with E-state index in [9.17, 15) is 9.59 Å². The number of hydrogen-bond acceptors (Lipinski definition) is 6. The van der Waals surface area contributed by atoms with Crippen molar-refractivity contribution in [2.45, 2.75) is 89.4 Å². The van der Waals surface area contributed by atoms with Gasteiger partial charge in [-0.3, -0.25) is 19.6 Å². The van der Waals surface area contributed by atoms with Crippen LogP contribution >= 0.6 is 23.2 Å². The molecule has 2 aliphatic carbocycles. The Balaban J connectivity index is 1.18. The number of benzene rings is 1. The molecule has 250 valence electrons. The van der Waals surface area contributed by atoms with Crippen molar-refractivity contribution in [1.29, 1.82) is 0 Å². The number of nitrogens with zero attached hydrogens (tertiary/aromatic N) is 6. The summed E-state index contributed by atoms with van der Waals surface area (Å²) in [5.41, 5.74) is 5.36. The van der Waals surface area contributed by atoms with Gasteiger partial charge in [-0.2, -0.15) is 0 Å². The van der Waals surface area contributed by atoms with Gasteiger partial charge in [-0.05, 0) is 99.1 Å². The average Bonchev–Trinajstić information content (AvgIpc) is 3.42. The lowest BCUT2D eigenvalue weighted by molar-refractivity contribution is -0.141. The zero-order valence-electron chi connectivity index (χ0n) is 27.1. The third-order valence-corrected chi connectivity index (χ3v) is 10.9. The number of ether oxygens (including phenoxy) is 1. The van der Waals surface area contributed by atoms with Gasteiger partial charge in [0.25, 0.3) is 0 Å². The minimum atomic E-state index is -0.663. The maximum atomic E-state index is 14.6. The molecule has 7 rings (SSSR count). The molecule has 1 unspecified atom stereocenters. The van der Waals surface area contributed by atoms with E-state index < -0.39 is 6.04 Å². The van der Waals surface area contributed by atoms with Crippen molar-refractivity contribution in [3.63, 3.8) is 0 Å². The van der Waals surface area contributed by atoms with Crippen LogP contribution in [0.4, 0.5) is 4.79 Å². The van der Waals surface area contributed by atoms with E-state index in [2.05, 4.69) is 26.7 Å². The number of carbonyl (C=O) groups is 2. The molecule has 0 radical (unpaired) electrons. The van der Waals surface area contributed by atoms with E-state index in [1.54, 1.807) is 11.1 Å². The summed E-state index contributed by atoms with van der Waals surface area (Å²) in [6, 6.07) is 7.24. The first kappa shape index (κ1) is 32.4. The summed E-state index contributed by atoms with van der Waals surface area (Å²) >= 11 is 12.9. The van der Waals surface area contributed by atoms with Gasteiger partial charge in [-0.15, -0.1) is 0 Å². The molecule has 2 aliphatic heterocycles. The number of rotatable bonds is 5. The minimum absolute atomic E-state index is 0.00366. The molecule has 4 aliphatic rings. The lowest BCUT2D eigenvalue weighted by Crippen LogP contribution is -2.62. The third-order valence-electron chi connectivity index (χ3n) is 10.5. The Morgan fingerprint density at radius 2 is 1.72 bits per heavy atom. The Bertz CT molecular complexity index is 1550. The molecule has 11 heteroatoms. The molecular formula is C36H44Cl2N6O3. The van der Waals surface area contributed by atoms with Gasteiger partial charge >= 0.3 is 6.09 Å². The van der Waals surface area contributed by atoms with E-state index in [1.165, 1.54) is 12.0 Å². The summed E-state index contributed by atoms with van der Waals surface area (Å²) in [5.74, 6) is 0.319. The number of likely N-dealkylation sites (tertiary alicyclic amines) is 1. The Morgan fingerprint density at radius 1 is 0.915 bits per heavy atom. The number of fused-ring (bicyclic) bond motifs is 2. The van der Waals surface area contributed by atoms with Crippen LogP contribution in [-0.2, 0) is 28.9 Å². The van der Waals surface area contributed by atoms with Gasteiger partial charge in [0.2, 0.25) is 5.91 Å². The fraction of sp³-hybridized carbons (Fsp3) is 0.556. The maximum Gasteiger partial charge on any atom is 0.410 e. The van der Waals surface area contributed by atoms with Crippen LogP contribution in [0, 0.1) is 12.8 Å². The highest BCUT2D eigenvalue weighted by Gasteiger charge is 2.43. The Labute approximate surface area is 287 Å². The van der Waals surface area contributed by atoms with Gasteiger partial charge < -0.3 is 14.2 Å². The summed E-state index contributed by atoms with van der Waals surface area (Å²) in [6.45, 7) is 5.53. The van der Waals surface area contributed by atoms with Gasteiger partial charge in [0.05, 0.1) is 28.8 Å². The largest absolute Gasteiger partial charge is 0.446 e. The number of aromatic nitrogens is 3. The normalized spacial score (nSPS) is 23.9. The van der Waals surface area contributed by atoms with Crippen molar-refractivity contribution in [1.82, 2.24) is 29.2 Å². The van der Waals surface area contributed by atoms with Crippen LogP contribution in [0.1, 0.15) is 79.1 Å². The summed E-state index contributed by atoms with van der Waals surface area (Å²) in [6.07, 6.45) is 13.9. The van der Waals surface area contributed by atoms with Crippen LogP contribution in [0.2, 0.25) is 10.0 Å². The Kier molecular flexibility index (Phi) is 9.76. The molecule has 4 heterocycles. The topological polar surface area (TPSA) is 83.8 Å². The lowest BCUT2D eigenvalue weighted by Gasteiger charge is -2.45. The third kappa shape index (κ3) is 7.18. The molecule has 3 aromatic rings. The first-order chi connectivity index (χ1) is 22.8. The number of aryl methyl sites for hydroxylation is 3. The van der Waals surface area contributed by atoms with Crippen LogP contribution in [-0.4, -0.2) is 86.1 Å². The molecule has 0 bridgehead atoms. The number of imidazole rings is 1. The van der Waals surface area contributed by atoms with Crippen molar-refractivity contribution < 1.29 is 14.3 Å². The van der Waals surface area contributed by atoms with Gasteiger partial charge in [0.15, 0.2) is 0 Å². The molecule has 0 N–H and O–H groups in total. The maximum absolute atomic E-state index is 14.6. The van der Waals surface area contributed by atoms with E-state index >= 15 is 0 Å². The molecule has 3 atom stereocenters. The van der Waals surface area contributed by atoms with Crippen molar-refractivity contribution >= 4 is 35.2 Å². The van der Waals surface area contributed by atoms with Gasteiger partial charge in [-0.1, -0.05) is 35.7 Å². The van der Waals surface area contributed by atoms with Crippen LogP contribution in [0.25, 0.3) is 0 Å². The molecule has 2 amide bonds. The van der Waals surface area contributed by atoms with Crippen molar-refractivity contribution in [2.24, 2.45) is 5.92 Å². The van der Waals surface area contributed by atoms with Crippen LogP contribution < -0.4 is 0 Å². The second-order valence-corrected chi connectivity index (χ2v) is 14.7. The second kappa shape index (κ2) is 14.1. The zero-order chi connectivity index (χ0) is 32.5. The van der Waals surface area contributed by atoms with E-state index in [0.717, 1.165) is 80.4 Å². The van der Waals surface area contributed by atoms with E-state index in [0.29, 0.717) is 48.7 Å². The standard InChI is InChI=1S/C36H44Cl2N6O3/c1-24-19-41(23-40-24)20-25-6-5-13-43(21-25)35(45)32-22-42(14-15-44(32)36(46)47-30-7-3-2-4-8-30)34-31-12-11-28(37)16-26(31)9-10-27-17-29(38)18-39-33(27)34/h11-12,16-19,23,25,30,32,34H,2-10,13-15,20-22H2,1H3/t25-,32+,34?/m0/s1. The summed E-state index contributed by atoms with van der Waals surface area (Å²) in [7, 11) is 0. The Hall–Kier alpha value is -3.14. The number of piperazine rings is 1. The Morgan fingerprint density at radius 3 is 2.53 bits per heavy atom. The van der Waals surface area contributed by atoms with Crippen molar-refractivity contribution in [3.8, 4) is 0 Å². The quantitative estimate of drug-likeness (QED) is 0.307. The molecular weight excluding hydrogens is 635 g/mol. The number of carbonyl (C=O) groups excluding carboxylic acids is 2. The molecule has 9 nitrogen and oxygen atoms in total. The first-order valence-electron chi connectivity index (χ1n) is 17.2. The molecule has 1 aromatic carbocycles. The van der Waals surface area contributed by atoms with Gasteiger partial charge in [-0.25, -0.2) is 9.78 Å². The summed E-state index contributed by atoms with van der Waals surface area (Å²) in [5, 5.41) is 1.31. The molecule has 47 heavy (non-hydrogen) atoms. The smallest absolute Gasteiger partial charge is 0.410 e. The van der Waals surface area contributed by atoms with Crippen LogP contribution in [0.5, 0.6) is 0 Å². The molecule has 2 aromatic heterocycles. The highest BCUT2D eigenvalue weighted by Crippen LogP contribution is 2.39. The number of piperidine rings is 1. The number of hydrogen-bond donors (Lipinski definition) is 0. The molecule has 3 fully saturated rings. The summed E-state index contributed by atoms with van der Waals surface area (Å²) in [4.78, 5) is 43.8. The average molecular weight is 680 g/mol. The SMILES string of the molecule is Cc1cn(C[C@@H]2CCCN(C(=O)[C@H]3CN(C4c5ccc(Cl)cc5CCc5cc(Cl)cnc54)CCN3C(=O)OC3CCCCC3)C2)cn1.